The molecule has 6 heteroatoms. The Morgan fingerprint density at radius 3 is 2.50 bits per heavy atom. The van der Waals surface area contributed by atoms with E-state index in [1.807, 2.05) is 0 Å². The van der Waals surface area contributed by atoms with E-state index in [9.17, 15) is 18.0 Å². The van der Waals surface area contributed by atoms with Gasteiger partial charge < -0.3 is 5.11 Å². The molecule has 2 rings (SSSR count). The standard InChI is InChI=1S/C14H15F3O2S/c15-14(16,17)12-7-10(5-6-11(12)13(18)19)20-8-9-3-1-2-4-9/h5-7,9H,1-4,8H2,(H,18,19). The van der Waals surface area contributed by atoms with Gasteiger partial charge in [-0.05, 0) is 37.0 Å². The summed E-state index contributed by atoms with van der Waals surface area (Å²) >= 11 is 1.38. The number of alkyl halides is 3. The second-order valence-corrected chi connectivity index (χ2v) is 6.07. The van der Waals surface area contributed by atoms with Crippen LogP contribution in [0.15, 0.2) is 23.1 Å². The lowest BCUT2D eigenvalue weighted by atomic mass is 10.1. The zero-order chi connectivity index (χ0) is 14.8. The van der Waals surface area contributed by atoms with Gasteiger partial charge in [-0.25, -0.2) is 4.79 Å². The van der Waals surface area contributed by atoms with Crippen LogP contribution in [-0.4, -0.2) is 16.8 Å². The maximum Gasteiger partial charge on any atom is 0.417 e. The maximum absolute atomic E-state index is 12.9. The van der Waals surface area contributed by atoms with Crippen molar-refractivity contribution in [1.82, 2.24) is 0 Å². The number of thioether (sulfide) groups is 1. The zero-order valence-corrected chi connectivity index (χ0v) is 11.6. The highest BCUT2D eigenvalue weighted by atomic mass is 32.2. The highest BCUT2D eigenvalue weighted by Gasteiger charge is 2.35. The summed E-state index contributed by atoms with van der Waals surface area (Å²) in [6.07, 6.45) is 0.00425. The largest absolute Gasteiger partial charge is 0.478 e. The predicted octanol–water partition coefficient (Wildman–Crippen LogP) is 4.69. The Bertz CT molecular complexity index is 494. The average Bonchev–Trinajstić information content (AvgIpc) is 2.88. The highest BCUT2D eigenvalue weighted by molar-refractivity contribution is 7.99. The summed E-state index contributed by atoms with van der Waals surface area (Å²) in [6.45, 7) is 0. The molecule has 110 valence electrons. The van der Waals surface area contributed by atoms with Crippen LogP contribution in [0.25, 0.3) is 0 Å². The fourth-order valence-corrected chi connectivity index (χ4v) is 3.55. The lowest BCUT2D eigenvalue weighted by Gasteiger charge is -2.13. The average molecular weight is 304 g/mol. The van der Waals surface area contributed by atoms with Crippen molar-refractivity contribution in [2.45, 2.75) is 36.8 Å². The van der Waals surface area contributed by atoms with E-state index in [-0.39, 0.29) is 0 Å². The van der Waals surface area contributed by atoms with Crippen LogP contribution in [0, 0.1) is 5.92 Å². The van der Waals surface area contributed by atoms with Crippen molar-refractivity contribution in [3.8, 4) is 0 Å². The first kappa shape index (κ1) is 15.2. The molecule has 0 amide bonds. The molecule has 1 saturated carbocycles. The first-order chi connectivity index (χ1) is 9.38. The summed E-state index contributed by atoms with van der Waals surface area (Å²) < 4.78 is 38.6. The minimum atomic E-state index is -4.64. The monoisotopic (exact) mass is 304 g/mol. The van der Waals surface area contributed by atoms with Crippen molar-refractivity contribution < 1.29 is 23.1 Å². The van der Waals surface area contributed by atoms with Gasteiger partial charge in [0.2, 0.25) is 0 Å². The third-order valence-electron chi connectivity index (χ3n) is 3.49. The van der Waals surface area contributed by atoms with Gasteiger partial charge in [0.05, 0.1) is 11.1 Å². The van der Waals surface area contributed by atoms with E-state index >= 15 is 0 Å². The van der Waals surface area contributed by atoms with Crippen molar-refractivity contribution in [2.24, 2.45) is 5.92 Å². The van der Waals surface area contributed by atoms with Gasteiger partial charge in [0, 0.05) is 10.6 Å². The molecule has 0 radical (unpaired) electrons. The van der Waals surface area contributed by atoms with E-state index in [2.05, 4.69) is 0 Å². The quantitative estimate of drug-likeness (QED) is 0.820. The molecule has 0 atom stereocenters. The van der Waals surface area contributed by atoms with E-state index in [0.29, 0.717) is 10.8 Å². The molecule has 0 aromatic heterocycles. The first-order valence-electron chi connectivity index (χ1n) is 6.45. The summed E-state index contributed by atoms with van der Waals surface area (Å²) in [5.74, 6) is -0.192. The summed E-state index contributed by atoms with van der Waals surface area (Å²) in [7, 11) is 0. The van der Waals surface area contributed by atoms with Gasteiger partial charge in [-0.1, -0.05) is 12.8 Å². The molecule has 1 aliphatic rings. The molecular formula is C14H15F3O2S. The van der Waals surface area contributed by atoms with Crippen molar-refractivity contribution in [2.75, 3.05) is 5.75 Å². The Labute approximate surface area is 119 Å². The second kappa shape index (κ2) is 6.08. The van der Waals surface area contributed by atoms with Crippen molar-refractivity contribution in [3.63, 3.8) is 0 Å². The molecule has 0 saturated heterocycles. The molecule has 1 aliphatic carbocycles. The van der Waals surface area contributed by atoms with E-state index in [1.54, 1.807) is 0 Å². The van der Waals surface area contributed by atoms with Gasteiger partial charge >= 0.3 is 12.1 Å². The normalized spacial score (nSPS) is 16.6. The van der Waals surface area contributed by atoms with Crippen LogP contribution in [0.3, 0.4) is 0 Å². The number of benzene rings is 1. The Morgan fingerprint density at radius 1 is 1.30 bits per heavy atom. The number of aromatic carboxylic acids is 1. The van der Waals surface area contributed by atoms with Crippen molar-refractivity contribution in [3.05, 3.63) is 29.3 Å². The third kappa shape index (κ3) is 3.69. The number of rotatable bonds is 4. The third-order valence-corrected chi connectivity index (χ3v) is 4.71. The summed E-state index contributed by atoms with van der Waals surface area (Å²) in [6, 6.07) is 3.45. The topological polar surface area (TPSA) is 37.3 Å². The summed E-state index contributed by atoms with van der Waals surface area (Å²) in [5, 5.41) is 8.82. The van der Waals surface area contributed by atoms with Crippen LogP contribution < -0.4 is 0 Å². The lowest BCUT2D eigenvalue weighted by molar-refractivity contribution is -0.138. The first-order valence-corrected chi connectivity index (χ1v) is 7.44. The second-order valence-electron chi connectivity index (χ2n) is 4.97. The van der Waals surface area contributed by atoms with Crippen LogP contribution in [-0.2, 0) is 6.18 Å². The van der Waals surface area contributed by atoms with Crippen LogP contribution in [0.1, 0.15) is 41.6 Å². The van der Waals surface area contributed by atoms with Crippen LogP contribution in [0.4, 0.5) is 13.2 Å². The molecule has 1 aromatic rings. The molecule has 1 aromatic carbocycles. The molecule has 0 aliphatic heterocycles. The van der Waals surface area contributed by atoms with Crippen molar-refractivity contribution >= 4 is 17.7 Å². The zero-order valence-electron chi connectivity index (χ0n) is 10.7. The number of carbonyl (C=O) groups is 1. The lowest BCUT2D eigenvalue weighted by Crippen LogP contribution is -2.13. The van der Waals surface area contributed by atoms with E-state index < -0.39 is 23.3 Å². The van der Waals surface area contributed by atoms with Gasteiger partial charge in [0.15, 0.2) is 0 Å². The molecule has 1 fully saturated rings. The molecule has 0 bridgehead atoms. The van der Waals surface area contributed by atoms with Gasteiger partial charge in [-0.15, -0.1) is 11.8 Å². The summed E-state index contributed by atoms with van der Waals surface area (Å²) in [5.41, 5.74) is -1.76. The fraction of sp³-hybridized carbons (Fsp3) is 0.500. The smallest absolute Gasteiger partial charge is 0.417 e. The fourth-order valence-electron chi connectivity index (χ4n) is 2.43. The Balaban J connectivity index is 2.16. The maximum atomic E-state index is 12.9. The number of hydrogen-bond acceptors (Lipinski definition) is 2. The minimum absolute atomic E-state index is 0.481. The Hall–Kier alpha value is -1.17. The minimum Gasteiger partial charge on any atom is -0.478 e. The number of carboxylic acids is 1. The molecular weight excluding hydrogens is 289 g/mol. The van der Waals surface area contributed by atoms with Crippen molar-refractivity contribution in [1.29, 1.82) is 0 Å². The molecule has 20 heavy (non-hydrogen) atoms. The van der Waals surface area contributed by atoms with Gasteiger partial charge in [0.25, 0.3) is 0 Å². The molecule has 1 N–H and O–H groups in total. The number of halogens is 3. The van der Waals surface area contributed by atoms with E-state index in [4.69, 9.17) is 5.11 Å². The predicted molar refractivity (Wildman–Crippen MR) is 71.1 cm³/mol. The SMILES string of the molecule is O=C(O)c1ccc(SCC2CCCC2)cc1C(F)(F)F. The molecule has 0 spiro atoms. The van der Waals surface area contributed by atoms with Gasteiger partial charge in [0.1, 0.15) is 0 Å². The van der Waals surface area contributed by atoms with Crippen LogP contribution in [0.2, 0.25) is 0 Å². The van der Waals surface area contributed by atoms with Crippen LogP contribution >= 0.6 is 11.8 Å². The van der Waals surface area contributed by atoms with E-state index in [1.165, 1.54) is 30.7 Å². The van der Waals surface area contributed by atoms with Crippen LogP contribution in [0.5, 0.6) is 0 Å². The molecule has 2 nitrogen and oxygen atoms in total. The summed E-state index contributed by atoms with van der Waals surface area (Å²) in [4.78, 5) is 11.3. The van der Waals surface area contributed by atoms with Gasteiger partial charge in [-0.2, -0.15) is 13.2 Å². The Kier molecular flexibility index (Phi) is 4.62. The highest BCUT2D eigenvalue weighted by Crippen LogP contribution is 2.36. The number of carboxylic acid groups (broad SMARTS) is 1. The Morgan fingerprint density at radius 2 is 1.95 bits per heavy atom. The number of hydrogen-bond donors (Lipinski definition) is 1. The molecule has 0 heterocycles. The van der Waals surface area contributed by atoms with E-state index in [0.717, 1.165) is 30.7 Å². The molecule has 0 unspecified atom stereocenters. The van der Waals surface area contributed by atoms with Gasteiger partial charge in [-0.3, -0.25) is 0 Å².